The average Bonchev–Trinajstić information content (AvgIpc) is 2.53. The van der Waals surface area contributed by atoms with Crippen molar-refractivity contribution in [2.75, 3.05) is 20.2 Å². The standard InChI is InChI=1S/C12H22N4O/c1-9-11(12(17-3)15(2)14-9)8-16-6-4-5-10(13)7-16/h10H,4-8,13H2,1-3H3. The molecule has 1 unspecified atom stereocenters. The molecule has 1 aromatic heterocycles. The lowest BCUT2D eigenvalue weighted by Gasteiger charge is -2.30. The van der Waals surface area contributed by atoms with E-state index in [9.17, 15) is 0 Å². The molecule has 17 heavy (non-hydrogen) atoms. The summed E-state index contributed by atoms with van der Waals surface area (Å²) in [5, 5.41) is 4.40. The number of likely N-dealkylation sites (tertiary alicyclic amines) is 1. The Kier molecular flexibility index (Phi) is 3.69. The Hall–Kier alpha value is -1.07. The number of hydrogen-bond donors (Lipinski definition) is 1. The second-order valence-corrected chi connectivity index (χ2v) is 4.83. The first-order chi connectivity index (χ1) is 8.11. The van der Waals surface area contributed by atoms with Crippen LogP contribution in [0.5, 0.6) is 5.88 Å². The molecule has 0 spiro atoms. The van der Waals surface area contributed by atoms with Gasteiger partial charge in [0.25, 0.3) is 0 Å². The lowest BCUT2D eigenvalue weighted by Crippen LogP contribution is -2.42. The van der Waals surface area contributed by atoms with Crippen LogP contribution in [0.4, 0.5) is 0 Å². The Bertz CT molecular complexity index is 388. The van der Waals surface area contributed by atoms with Crippen molar-refractivity contribution in [1.29, 1.82) is 0 Å². The minimum atomic E-state index is 0.312. The number of nitrogens with two attached hydrogens (primary N) is 1. The third kappa shape index (κ3) is 2.61. The zero-order valence-corrected chi connectivity index (χ0v) is 10.9. The van der Waals surface area contributed by atoms with Crippen molar-refractivity contribution in [2.45, 2.75) is 32.4 Å². The van der Waals surface area contributed by atoms with Crippen molar-refractivity contribution in [3.05, 3.63) is 11.3 Å². The van der Waals surface area contributed by atoms with Gasteiger partial charge in [-0.05, 0) is 26.3 Å². The Labute approximate surface area is 103 Å². The topological polar surface area (TPSA) is 56.3 Å². The number of methoxy groups -OCH3 is 1. The molecule has 5 nitrogen and oxygen atoms in total. The van der Waals surface area contributed by atoms with E-state index in [4.69, 9.17) is 10.5 Å². The van der Waals surface area contributed by atoms with Gasteiger partial charge in [-0.25, -0.2) is 4.68 Å². The fraction of sp³-hybridized carbons (Fsp3) is 0.750. The van der Waals surface area contributed by atoms with Gasteiger partial charge in [0.05, 0.1) is 18.4 Å². The number of nitrogens with zero attached hydrogens (tertiary/aromatic N) is 3. The Morgan fingerprint density at radius 1 is 1.53 bits per heavy atom. The average molecular weight is 238 g/mol. The van der Waals surface area contributed by atoms with Gasteiger partial charge in [-0.15, -0.1) is 0 Å². The molecule has 1 saturated heterocycles. The molecular formula is C12H22N4O. The number of rotatable bonds is 3. The van der Waals surface area contributed by atoms with Gasteiger partial charge in [0.15, 0.2) is 0 Å². The molecule has 1 aromatic rings. The van der Waals surface area contributed by atoms with Crippen LogP contribution in [-0.2, 0) is 13.6 Å². The molecule has 0 amide bonds. The summed E-state index contributed by atoms with van der Waals surface area (Å²) < 4.78 is 7.21. The SMILES string of the molecule is COc1c(CN2CCCC(N)C2)c(C)nn1C. The molecule has 5 heteroatoms. The quantitative estimate of drug-likeness (QED) is 0.840. The van der Waals surface area contributed by atoms with E-state index in [1.165, 1.54) is 12.0 Å². The molecule has 1 fully saturated rings. The van der Waals surface area contributed by atoms with E-state index in [2.05, 4.69) is 10.00 Å². The number of aryl methyl sites for hydroxylation is 2. The van der Waals surface area contributed by atoms with E-state index >= 15 is 0 Å². The first kappa shape index (κ1) is 12.4. The first-order valence-electron chi connectivity index (χ1n) is 6.16. The molecule has 0 aliphatic carbocycles. The minimum Gasteiger partial charge on any atom is -0.481 e. The summed E-state index contributed by atoms with van der Waals surface area (Å²) in [5.74, 6) is 0.863. The number of aromatic nitrogens is 2. The summed E-state index contributed by atoms with van der Waals surface area (Å²) in [7, 11) is 3.61. The third-order valence-corrected chi connectivity index (χ3v) is 3.41. The van der Waals surface area contributed by atoms with E-state index in [0.29, 0.717) is 6.04 Å². The molecule has 1 aliphatic heterocycles. The predicted molar refractivity (Wildman–Crippen MR) is 67.0 cm³/mol. The first-order valence-corrected chi connectivity index (χ1v) is 6.16. The molecule has 2 N–H and O–H groups in total. The van der Waals surface area contributed by atoms with Crippen LogP contribution in [0.1, 0.15) is 24.1 Å². The fourth-order valence-corrected chi connectivity index (χ4v) is 2.58. The van der Waals surface area contributed by atoms with Crippen LogP contribution >= 0.6 is 0 Å². The molecule has 0 bridgehead atoms. The van der Waals surface area contributed by atoms with Crippen LogP contribution in [0.3, 0.4) is 0 Å². The molecule has 1 atom stereocenters. The molecule has 1 aliphatic rings. The second kappa shape index (κ2) is 5.06. The van der Waals surface area contributed by atoms with Crippen molar-refractivity contribution >= 4 is 0 Å². The maximum Gasteiger partial charge on any atom is 0.216 e. The van der Waals surface area contributed by atoms with Gasteiger partial charge in [0.2, 0.25) is 5.88 Å². The van der Waals surface area contributed by atoms with Gasteiger partial charge in [0.1, 0.15) is 0 Å². The molecule has 2 heterocycles. The normalized spacial score (nSPS) is 21.8. The summed E-state index contributed by atoms with van der Waals surface area (Å²) in [4.78, 5) is 2.39. The monoisotopic (exact) mass is 238 g/mol. The van der Waals surface area contributed by atoms with Gasteiger partial charge in [-0.1, -0.05) is 0 Å². The van der Waals surface area contributed by atoms with E-state index < -0.39 is 0 Å². The van der Waals surface area contributed by atoms with Crippen molar-refractivity contribution < 1.29 is 4.74 Å². The summed E-state index contributed by atoms with van der Waals surface area (Å²) in [6, 6.07) is 0.312. The van der Waals surface area contributed by atoms with Crippen molar-refractivity contribution in [3.8, 4) is 5.88 Å². The Morgan fingerprint density at radius 3 is 2.94 bits per heavy atom. The van der Waals surface area contributed by atoms with E-state index in [1.807, 2.05) is 14.0 Å². The highest BCUT2D eigenvalue weighted by Gasteiger charge is 2.21. The van der Waals surface area contributed by atoms with Gasteiger partial charge >= 0.3 is 0 Å². The highest BCUT2D eigenvalue weighted by Crippen LogP contribution is 2.23. The van der Waals surface area contributed by atoms with Crippen molar-refractivity contribution in [3.63, 3.8) is 0 Å². The van der Waals surface area contributed by atoms with Crippen molar-refractivity contribution in [2.24, 2.45) is 12.8 Å². The third-order valence-electron chi connectivity index (χ3n) is 3.41. The molecule has 0 saturated carbocycles. The van der Waals surface area contributed by atoms with Crippen LogP contribution in [-0.4, -0.2) is 40.9 Å². The van der Waals surface area contributed by atoms with E-state index in [1.54, 1.807) is 11.8 Å². The molecular weight excluding hydrogens is 216 g/mol. The highest BCUT2D eigenvalue weighted by molar-refractivity contribution is 5.30. The van der Waals surface area contributed by atoms with E-state index in [0.717, 1.165) is 37.6 Å². The van der Waals surface area contributed by atoms with Crippen LogP contribution in [0, 0.1) is 6.92 Å². The van der Waals surface area contributed by atoms with Gasteiger partial charge in [-0.2, -0.15) is 5.10 Å². The fourth-order valence-electron chi connectivity index (χ4n) is 2.58. The smallest absolute Gasteiger partial charge is 0.216 e. The molecule has 2 rings (SSSR count). The zero-order chi connectivity index (χ0) is 12.4. The maximum absolute atomic E-state index is 6.00. The molecule has 96 valence electrons. The summed E-state index contributed by atoms with van der Waals surface area (Å²) in [5.41, 5.74) is 8.23. The van der Waals surface area contributed by atoms with Crippen LogP contribution in [0.25, 0.3) is 0 Å². The number of piperidine rings is 1. The summed E-state index contributed by atoms with van der Waals surface area (Å²) in [6.07, 6.45) is 2.32. The van der Waals surface area contributed by atoms with Gasteiger partial charge < -0.3 is 10.5 Å². The molecule has 0 radical (unpaired) electrons. The van der Waals surface area contributed by atoms with Gasteiger partial charge in [-0.3, -0.25) is 4.90 Å². The van der Waals surface area contributed by atoms with Crippen LogP contribution in [0.2, 0.25) is 0 Å². The zero-order valence-electron chi connectivity index (χ0n) is 10.9. The Balaban J connectivity index is 2.12. The minimum absolute atomic E-state index is 0.312. The number of ether oxygens (including phenoxy) is 1. The predicted octanol–water partition coefficient (Wildman–Crippen LogP) is 0.660. The van der Waals surface area contributed by atoms with Crippen molar-refractivity contribution in [1.82, 2.24) is 14.7 Å². The second-order valence-electron chi connectivity index (χ2n) is 4.83. The Morgan fingerprint density at radius 2 is 2.29 bits per heavy atom. The highest BCUT2D eigenvalue weighted by atomic mass is 16.5. The lowest BCUT2D eigenvalue weighted by molar-refractivity contribution is 0.198. The van der Waals surface area contributed by atoms with Gasteiger partial charge in [0, 0.05) is 26.2 Å². The molecule has 0 aromatic carbocycles. The maximum atomic E-state index is 6.00. The summed E-state index contributed by atoms with van der Waals surface area (Å²) >= 11 is 0. The van der Waals surface area contributed by atoms with Crippen LogP contribution in [0.15, 0.2) is 0 Å². The van der Waals surface area contributed by atoms with Crippen LogP contribution < -0.4 is 10.5 Å². The van der Waals surface area contributed by atoms with E-state index in [-0.39, 0.29) is 0 Å². The largest absolute Gasteiger partial charge is 0.481 e. The summed E-state index contributed by atoms with van der Waals surface area (Å²) in [6.45, 7) is 5.00. The number of hydrogen-bond acceptors (Lipinski definition) is 4. The lowest BCUT2D eigenvalue weighted by atomic mass is 10.1.